The quantitative estimate of drug-likeness (QED) is 0.533. The molecular weight excluding hydrogens is 240 g/mol. The van der Waals surface area contributed by atoms with Gasteiger partial charge in [-0.25, -0.2) is 0 Å². The van der Waals surface area contributed by atoms with E-state index in [1.165, 1.54) is 27.5 Å². The number of fused-ring (bicyclic) bond motifs is 1. The minimum atomic E-state index is 0.161. The fourth-order valence-electron chi connectivity index (χ4n) is 2.55. The van der Waals surface area contributed by atoms with Crippen LogP contribution in [0.5, 0.6) is 0 Å². The summed E-state index contributed by atoms with van der Waals surface area (Å²) in [7, 11) is 0. The van der Waals surface area contributed by atoms with Crippen LogP contribution >= 0.6 is 0 Å². The minimum absolute atomic E-state index is 0.161. The number of hydrogen-bond acceptors (Lipinski definition) is 0. The smallest absolute Gasteiger partial charge is 0.00960 e. The Bertz CT molecular complexity index is 740. The molecule has 0 heterocycles. The molecule has 0 fully saturated rings. The molecule has 0 saturated heterocycles. The standard InChI is InChI=1S/C20H19/c1-20(2,3)17-11-6-10-16(14-17)19-13-7-9-15-8-4-5-12-18(15)19/h4-9,11-14H,1-3H3. The lowest BCUT2D eigenvalue weighted by Crippen LogP contribution is -2.10. The first-order valence-corrected chi connectivity index (χ1v) is 7.06. The highest BCUT2D eigenvalue weighted by Gasteiger charge is 2.14. The molecule has 0 heteroatoms. The van der Waals surface area contributed by atoms with Gasteiger partial charge in [0.05, 0.1) is 0 Å². The average Bonchev–Trinajstić information content (AvgIpc) is 2.46. The van der Waals surface area contributed by atoms with Crippen molar-refractivity contribution in [2.75, 3.05) is 0 Å². The fourth-order valence-corrected chi connectivity index (χ4v) is 2.55. The van der Waals surface area contributed by atoms with Crippen molar-refractivity contribution in [1.82, 2.24) is 0 Å². The molecule has 3 rings (SSSR count). The predicted octanol–water partition coefficient (Wildman–Crippen LogP) is 5.60. The van der Waals surface area contributed by atoms with Gasteiger partial charge >= 0.3 is 0 Å². The van der Waals surface area contributed by atoms with E-state index >= 15 is 0 Å². The third kappa shape index (κ3) is 2.34. The van der Waals surface area contributed by atoms with E-state index in [0.717, 1.165) is 0 Å². The topological polar surface area (TPSA) is 0 Å². The first-order chi connectivity index (χ1) is 9.55. The van der Waals surface area contributed by atoms with Gasteiger partial charge < -0.3 is 0 Å². The summed E-state index contributed by atoms with van der Waals surface area (Å²) in [6.07, 6.45) is 0. The van der Waals surface area contributed by atoms with Crippen molar-refractivity contribution in [3.8, 4) is 11.1 Å². The molecule has 0 unspecified atom stereocenters. The SMILES string of the molecule is CC(C)(C)c1cc[c]c(-c2cccc3ccccc23)c1. The summed E-state index contributed by atoms with van der Waals surface area (Å²) < 4.78 is 0. The molecule has 99 valence electrons. The summed E-state index contributed by atoms with van der Waals surface area (Å²) in [6.45, 7) is 6.74. The molecule has 0 amide bonds. The largest absolute Gasteiger partial charge is 0.0616 e. The van der Waals surface area contributed by atoms with Crippen LogP contribution in [0.4, 0.5) is 0 Å². The molecule has 20 heavy (non-hydrogen) atoms. The van der Waals surface area contributed by atoms with E-state index in [1.54, 1.807) is 0 Å². The van der Waals surface area contributed by atoms with Crippen molar-refractivity contribution in [3.05, 3.63) is 72.3 Å². The van der Waals surface area contributed by atoms with E-state index in [4.69, 9.17) is 0 Å². The molecule has 0 atom stereocenters. The second-order valence-corrected chi connectivity index (χ2v) is 6.27. The van der Waals surface area contributed by atoms with Crippen LogP contribution in [-0.2, 0) is 5.41 Å². The summed E-state index contributed by atoms with van der Waals surface area (Å²) in [5.41, 5.74) is 3.94. The Morgan fingerprint density at radius 3 is 2.40 bits per heavy atom. The van der Waals surface area contributed by atoms with Gasteiger partial charge in [0, 0.05) is 0 Å². The summed E-state index contributed by atoms with van der Waals surface area (Å²) in [4.78, 5) is 0. The highest BCUT2D eigenvalue weighted by atomic mass is 14.2. The highest BCUT2D eigenvalue weighted by molar-refractivity contribution is 5.96. The Hall–Kier alpha value is -2.08. The monoisotopic (exact) mass is 259 g/mol. The molecule has 0 N–H and O–H groups in total. The predicted molar refractivity (Wildman–Crippen MR) is 86.9 cm³/mol. The maximum absolute atomic E-state index is 3.39. The van der Waals surface area contributed by atoms with Gasteiger partial charge in [0.2, 0.25) is 0 Å². The van der Waals surface area contributed by atoms with E-state index in [1.807, 2.05) is 6.07 Å². The van der Waals surface area contributed by atoms with Crippen LogP contribution in [0.25, 0.3) is 21.9 Å². The van der Waals surface area contributed by atoms with Crippen LogP contribution in [0.1, 0.15) is 26.3 Å². The first-order valence-electron chi connectivity index (χ1n) is 7.06. The van der Waals surface area contributed by atoms with Crippen molar-refractivity contribution < 1.29 is 0 Å². The van der Waals surface area contributed by atoms with Gasteiger partial charge in [0.25, 0.3) is 0 Å². The summed E-state index contributed by atoms with van der Waals surface area (Å²) in [5, 5.41) is 2.57. The second-order valence-electron chi connectivity index (χ2n) is 6.27. The lowest BCUT2D eigenvalue weighted by atomic mass is 9.85. The zero-order chi connectivity index (χ0) is 14.2. The van der Waals surface area contributed by atoms with E-state index in [0.29, 0.717) is 0 Å². The molecule has 0 aliphatic heterocycles. The summed E-state index contributed by atoms with van der Waals surface area (Å²) in [6, 6.07) is 24.8. The van der Waals surface area contributed by atoms with Gasteiger partial charge in [-0.1, -0.05) is 75.4 Å². The van der Waals surface area contributed by atoms with E-state index in [-0.39, 0.29) is 5.41 Å². The third-order valence-electron chi connectivity index (χ3n) is 3.75. The molecule has 3 aromatic rings. The molecule has 0 aromatic heterocycles. The molecule has 0 saturated carbocycles. The van der Waals surface area contributed by atoms with Gasteiger partial charge in [-0.05, 0) is 45.0 Å². The lowest BCUT2D eigenvalue weighted by molar-refractivity contribution is 0.590. The molecule has 3 aromatic carbocycles. The molecule has 0 nitrogen and oxygen atoms in total. The van der Waals surface area contributed by atoms with Crippen LogP contribution in [0.2, 0.25) is 0 Å². The Morgan fingerprint density at radius 2 is 1.60 bits per heavy atom. The minimum Gasteiger partial charge on any atom is -0.0616 e. The van der Waals surface area contributed by atoms with Crippen LogP contribution in [0.3, 0.4) is 0 Å². The maximum atomic E-state index is 3.39. The van der Waals surface area contributed by atoms with Crippen molar-refractivity contribution in [2.45, 2.75) is 26.2 Å². The molecule has 0 bridgehead atoms. The van der Waals surface area contributed by atoms with Crippen LogP contribution in [0.15, 0.2) is 60.7 Å². The zero-order valence-electron chi connectivity index (χ0n) is 12.3. The normalized spacial score (nSPS) is 11.8. The Morgan fingerprint density at radius 1 is 0.850 bits per heavy atom. The van der Waals surface area contributed by atoms with Crippen molar-refractivity contribution in [3.63, 3.8) is 0 Å². The number of hydrogen-bond donors (Lipinski definition) is 0. The molecule has 0 aliphatic carbocycles. The Balaban J connectivity index is 2.21. The number of benzene rings is 3. The molecule has 0 spiro atoms. The van der Waals surface area contributed by atoms with Gasteiger partial charge in [-0.15, -0.1) is 0 Å². The van der Waals surface area contributed by atoms with Crippen molar-refractivity contribution in [1.29, 1.82) is 0 Å². The van der Waals surface area contributed by atoms with Gasteiger partial charge in [0.15, 0.2) is 0 Å². The van der Waals surface area contributed by atoms with Crippen molar-refractivity contribution >= 4 is 10.8 Å². The molecule has 1 radical (unpaired) electrons. The maximum Gasteiger partial charge on any atom is -0.00960 e. The second kappa shape index (κ2) is 4.79. The van der Waals surface area contributed by atoms with Gasteiger partial charge in [0.1, 0.15) is 0 Å². The third-order valence-corrected chi connectivity index (χ3v) is 3.75. The first kappa shape index (κ1) is 12.9. The summed E-state index contributed by atoms with van der Waals surface area (Å²) in [5.74, 6) is 0. The fraction of sp³-hybridized carbons (Fsp3) is 0.200. The highest BCUT2D eigenvalue weighted by Crippen LogP contribution is 2.31. The van der Waals surface area contributed by atoms with Crippen molar-refractivity contribution in [2.24, 2.45) is 0 Å². The summed E-state index contributed by atoms with van der Waals surface area (Å²) >= 11 is 0. The van der Waals surface area contributed by atoms with Crippen LogP contribution < -0.4 is 0 Å². The van der Waals surface area contributed by atoms with E-state index in [9.17, 15) is 0 Å². The van der Waals surface area contributed by atoms with Crippen LogP contribution in [0, 0.1) is 6.07 Å². The Labute approximate surface area is 121 Å². The van der Waals surface area contributed by atoms with Crippen LogP contribution in [-0.4, -0.2) is 0 Å². The average molecular weight is 259 g/mol. The van der Waals surface area contributed by atoms with E-state index < -0.39 is 0 Å². The molecular formula is C20H19. The zero-order valence-corrected chi connectivity index (χ0v) is 12.3. The van der Waals surface area contributed by atoms with Gasteiger partial charge in [-0.2, -0.15) is 0 Å². The molecule has 0 aliphatic rings. The van der Waals surface area contributed by atoms with Gasteiger partial charge in [-0.3, -0.25) is 0 Å². The number of rotatable bonds is 1. The Kier molecular flexibility index (Phi) is 3.10. The van der Waals surface area contributed by atoms with E-state index in [2.05, 4.69) is 81.4 Å². The lowest BCUT2D eigenvalue weighted by Gasteiger charge is -2.20.